The van der Waals surface area contributed by atoms with E-state index in [1.165, 1.54) is 11.0 Å². The summed E-state index contributed by atoms with van der Waals surface area (Å²) in [6.45, 7) is 2.11. The summed E-state index contributed by atoms with van der Waals surface area (Å²) >= 11 is 5.76. The monoisotopic (exact) mass is 278 g/mol. The molecule has 19 heavy (non-hydrogen) atoms. The first-order valence-electron chi connectivity index (χ1n) is 5.82. The van der Waals surface area contributed by atoms with Gasteiger partial charge in [0.05, 0.1) is 5.69 Å². The first kappa shape index (κ1) is 13.5. The summed E-state index contributed by atoms with van der Waals surface area (Å²) in [5, 5.41) is 0.232. The van der Waals surface area contributed by atoms with Crippen LogP contribution in [0.4, 0.5) is 10.1 Å². The molecule has 0 radical (unpaired) electrons. The molecule has 0 atom stereocenters. The second-order valence-electron chi connectivity index (χ2n) is 3.85. The fourth-order valence-corrected chi connectivity index (χ4v) is 1.92. The SMILES string of the molecule is CCN(C(=O)c1cccc(Cl)n1)c1ccccc1F. The van der Waals surface area contributed by atoms with Crippen molar-refractivity contribution in [3.8, 4) is 0 Å². The average Bonchev–Trinajstić information content (AvgIpc) is 2.41. The Morgan fingerprint density at radius 3 is 2.63 bits per heavy atom. The van der Waals surface area contributed by atoms with Crippen LogP contribution in [0.15, 0.2) is 42.5 Å². The molecule has 5 heteroatoms. The van der Waals surface area contributed by atoms with Crippen LogP contribution < -0.4 is 4.90 Å². The Balaban J connectivity index is 2.38. The summed E-state index contributed by atoms with van der Waals surface area (Å²) in [7, 11) is 0. The third kappa shape index (κ3) is 2.90. The molecule has 0 bridgehead atoms. The molecule has 1 amide bonds. The zero-order valence-electron chi connectivity index (χ0n) is 10.3. The molecule has 0 aliphatic rings. The molecule has 2 rings (SSSR count). The van der Waals surface area contributed by atoms with Gasteiger partial charge < -0.3 is 4.90 Å². The number of carbonyl (C=O) groups is 1. The number of halogens is 2. The number of aromatic nitrogens is 1. The van der Waals surface area contributed by atoms with Gasteiger partial charge in [-0.15, -0.1) is 0 Å². The lowest BCUT2D eigenvalue weighted by Crippen LogP contribution is -2.32. The predicted octanol–water partition coefficient (Wildman–Crippen LogP) is 3.54. The van der Waals surface area contributed by atoms with Gasteiger partial charge in [-0.1, -0.05) is 29.8 Å². The number of pyridine rings is 1. The smallest absolute Gasteiger partial charge is 0.276 e. The minimum absolute atomic E-state index is 0.192. The Hall–Kier alpha value is -1.94. The molecular formula is C14H12ClFN2O. The van der Waals surface area contributed by atoms with Gasteiger partial charge in [0.2, 0.25) is 0 Å². The molecule has 0 saturated heterocycles. The second kappa shape index (κ2) is 5.80. The molecule has 1 aromatic heterocycles. The summed E-state index contributed by atoms with van der Waals surface area (Å²) in [4.78, 5) is 17.6. The summed E-state index contributed by atoms with van der Waals surface area (Å²) < 4.78 is 13.7. The van der Waals surface area contributed by atoms with Gasteiger partial charge >= 0.3 is 0 Å². The number of para-hydroxylation sites is 1. The van der Waals surface area contributed by atoms with E-state index < -0.39 is 5.82 Å². The van der Waals surface area contributed by atoms with E-state index in [0.29, 0.717) is 6.54 Å². The summed E-state index contributed by atoms with van der Waals surface area (Å²) in [6.07, 6.45) is 0. The van der Waals surface area contributed by atoms with Crippen molar-refractivity contribution in [2.75, 3.05) is 11.4 Å². The van der Waals surface area contributed by atoms with Gasteiger partial charge in [0, 0.05) is 6.54 Å². The van der Waals surface area contributed by atoms with E-state index in [9.17, 15) is 9.18 Å². The van der Waals surface area contributed by atoms with Gasteiger partial charge in [0.15, 0.2) is 0 Å². The summed E-state index contributed by atoms with van der Waals surface area (Å²) in [5.74, 6) is -0.824. The van der Waals surface area contributed by atoms with Crippen molar-refractivity contribution < 1.29 is 9.18 Å². The fourth-order valence-electron chi connectivity index (χ4n) is 1.76. The van der Waals surface area contributed by atoms with Gasteiger partial charge in [-0.25, -0.2) is 9.37 Å². The Labute approximate surface area is 115 Å². The fraction of sp³-hybridized carbons (Fsp3) is 0.143. The normalized spacial score (nSPS) is 10.3. The third-order valence-corrected chi connectivity index (χ3v) is 2.85. The van der Waals surface area contributed by atoms with Crippen molar-refractivity contribution in [3.05, 3.63) is 59.1 Å². The number of hydrogen-bond donors (Lipinski definition) is 0. The van der Waals surface area contributed by atoms with E-state index in [-0.39, 0.29) is 22.4 Å². The number of amides is 1. The number of anilines is 1. The van der Waals surface area contributed by atoms with E-state index in [0.717, 1.165) is 0 Å². The van der Waals surface area contributed by atoms with E-state index in [1.807, 2.05) is 0 Å². The highest BCUT2D eigenvalue weighted by Crippen LogP contribution is 2.20. The molecule has 3 nitrogen and oxygen atoms in total. The molecule has 0 saturated carbocycles. The van der Waals surface area contributed by atoms with Crippen molar-refractivity contribution in [1.29, 1.82) is 0 Å². The van der Waals surface area contributed by atoms with Crippen LogP contribution >= 0.6 is 11.6 Å². The molecule has 98 valence electrons. The van der Waals surface area contributed by atoms with Gasteiger partial charge in [0.25, 0.3) is 5.91 Å². The Morgan fingerprint density at radius 2 is 2.00 bits per heavy atom. The Bertz CT molecular complexity index is 604. The Kier molecular flexibility index (Phi) is 4.12. The molecule has 0 N–H and O–H groups in total. The van der Waals surface area contributed by atoms with Crippen LogP contribution in [-0.2, 0) is 0 Å². The lowest BCUT2D eigenvalue weighted by atomic mass is 10.2. The Morgan fingerprint density at radius 1 is 1.26 bits per heavy atom. The first-order chi connectivity index (χ1) is 9.13. The molecule has 1 heterocycles. The third-order valence-electron chi connectivity index (χ3n) is 2.64. The zero-order valence-corrected chi connectivity index (χ0v) is 11.1. The maximum absolute atomic E-state index is 13.7. The minimum atomic E-state index is -0.445. The van der Waals surface area contributed by atoms with Crippen LogP contribution in [0, 0.1) is 5.82 Å². The highest BCUT2D eigenvalue weighted by molar-refractivity contribution is 6.29. The highest BCUT2D eigenvalue weighted by atomic mass is 35.5. The maximum atomic E-state index is 13.7. The number of carbonyl (C=O) groups excluding carboxylic acids is 1. The second-order valence-corrected chi connectivity index (χ2v) is 4.23. The van der Waals surface area contributed by atoms with Crippen molar-refractivity contribution in [3.63, 3.8) is 0 Å². The van der Waals surface area contributed by atoms with Crippen LogP contribution in [0.5, 0.6) is 0 Å². The molecule has 1 aromatic carbocycles. The van der Waals surface area contributed by atoms with Crippen LogP contribution in [-0.4, -0.2) is 17.4 Å². The average molecular weight is 279 g/mol. The van der Waals surface area contributed by atoms with Gasteiger partial charge in [0.1, 0.15) is 16.7 Å². The molecule has 0 spiro atoms. The van der Waals surface area contributed by atoms with E-state index in [2.05, 4.69) is 4.98 Å². The van der Waals surface area contributed by atoms with Crippen LogP contribution in [0.2, 0.25) is 5.15 Å². The van der Waals surface area contributed by atoms with E-state index >= 15 is 0 Å². The molecule has 2 aromatic rings. The van der Waals surface area contributed by atoms with Crippen LogP contribution in [0.3, 0.4) is 0 Å². The van der Waals surface area contributed by atoms with Crippen LogP contribution in [0.25, 0.3) is 0 Å². The van der Waals surface area contributed by atoms with Crippen molar-refractivity contribution >= 4 is 23.2 Å². The lowest BCUT2D eigenvalue weighted by Gasteiger charge is -2.21. The topological polar surface area (TPSA) is 33.2 Å². The quantitative estimate of drug-likeness (QED) is 0.805. The molecule has 0 aliphatic carbocycles. The largest absolute Gasteiger partial charge is 0.304 e. The first-order valence-corrected chi connectivity index (χ1v) is 6.20. The molecule has 0 aliphatic heterocycles. The van der Waals surface area contributed by atoms with Gasteiger partial charge in [-0.05, 0) is 31.2 Å². The number of hydrogen-bond acceptors (Lipinski definition) is 2. The lowest BCUT2D eigenvalue weighted by molar-refractivity contribution is 0.0982. The van der Waals surface area contributed by atoms with Crippen molar-refractivity contribution in [2.24, 2.45) is 0 Å². The summed E-state index contributed by atoms with van der Waals surface area (Å²) in [6, 6.07) is 10.9. The van der Waals surface area contributed by atoms with Gasteiger partial charge in [-0.3, -0.25) is 4.79 Å². The van der Waals surface area contributed by atoms with E-state index in [4.69, 9.17) is 11.6 Å². The number of rotatable bonds is 3. The predicted molar refractivity (Wildman–Crippen MR) is 73.0 cm³/mol. The number of benzene rings is 1. The molecule has 0 unspecified atom stereocenters. The van der Waals surface area contributed by atoms with E-state index in [1.54, 1.807) is 43.3 Å². The highest BCUT2D eigenvalue weighted by Gasteiger charge is 2.19. The minimum Gasteiger partial charge on any atom is -0.304 e. The maximum Gasteiger partial charge on any atom is 0.276 e. The van der Waals surface area contributed by atoms with Crippen LogP contribution in [0.1, 0.15) is 17.4 Å². The van der Waals surface area contributed by atoms with Crippen molar-refractivity contribution in [1.82, 2.24) is 4.98 Å². The van der Waals surface area contributed by atoms with Gasteiger partial charge in [-0.2, -0.15) is 0 Å². The summed E-state index contributed by atoms with van der Waals surface area (Å²) in [5.41, 5.74) is 0.425. The van der Waals surface area contributed by atoms with Crippen molar-refractivity contribution in [2.45, 2.75) is 6.92 Å². The zero-order chi connectivity index (χ0) is 13.8. The number of nitrogens with zero attached hydrogens (tertiary/aromatic N) is 2. The molecule has 0 fully saturated rings. The standard InChI is InChI=1S/C14H12ClFN2O/c1-2-18(12-8-4-3-6-10(12)16)14(19)11-7-5-9-13(15)17-11/h3-9H,2H2,1H3. The molecular weight excluding hydrogens is 267 g/mol.